The molecule has 12 heteroatoms. The highest BCUT2D eigenvalue weighted by atomic mass is 16.6. The first-order valence-electron chi connectivity index (χ1n) is 10.6. The number of amides is 1. The van der Waals surface area contributed by atoms with Crippen LogP contribution in [-0.4, -0.2) is 80.3 Å². The number of aromatic nitrogens is 3. The molecule has 12 nitrogen and oxygen atoms in total. The first-order chi connectivity index (χ1) is 15.7. The van der Waals surface area contributed by atoms with Crippen LogP contribution in [0.3, 0.4) is 0 Å². The fourth-order valence-electron chi connectivity index (χ4n) is 2.46. The maximum absolute atomic E-state index is 12.0. The third-order valence-electron chi connectivity index (χ3n) is 3.68. The predicted molar refractivity (Wildman–Crippen MR) is 125 cm³/mol. The highest BCUT2D eigenvalue weighted by molar-refractivity contribution is 5.88. The van der Waals surface area contributed by atoms with Crippen LogP contribution in [0.2, 0.25) is 0 Å². The van der Waals surface area contributed by atoms with Crippen molar-refractivity contribution in [2.75, 3.05) is 26.1 Å². The van der Waals surface area contributed by atoms with Crippen molar-refractivity contribution in [3.05, 3.63) is 24.2 Å². The second-order valence-corrected chi connectivity index (χ2v) is 8.55. The molecule has 0 spiro atoms. The Morgan fingerprint density at radius 2 is 1.74 bits per heavy atom. The molecule has 2 aromatic heterocycles. The molecule has 0 fully saturated rings. The number of hydrogen-bond acceptors (Lipinski definition) is 10. The average Bonchev–Trinajstić information content (AvgIpc) is 3.11. The summed E-state index contributed by atoms with van der Waals surface area (Å²) in [6.07, 6.45) is 1.88. The number of carbonyl (C=O) groups is 2. The molecule has 4 N–H and O–H groups in total. The summed E-state index contributed by atoms with van der Waals surface area (Å²) in [7, 11) is 2.58. The average molecular weight is 487 g/mol. The van der Waals surface area contributed by atoms with Crippen molar-refractivity contribution in [1.29, 1.82) is 0 Å². The summed E-state index contributed by atoms with van der Waals surface area (Å²) in [5.74, 6) is -1.47. The number of hydrogen-bond donors (Lipinski definition) is 4. The van der Waals surface area contributed by atoms with Crippen LogP contribution in [0.25, 0.3) is 5.52 Å². The monoisotopic (exact) mass is 486 g/mol. The molecule has 0 bridgehead atoms. The lowest BCUT2D eigenvalue weighted by Gasteiger charge is -2.19. The van der Waals surface area contributed by atoms with E-state index in [4.69, 9.17) is 29.5 Å². The molecular weight excluding hydrogens is 448 g/mol. The minimum atomic E-state index is -1.50. The van der Waals surface area contributed by atoms with Gasteiger partial charge in [0.05, 0.1) is 6.10 Å². The zero-order valence-corrected chi connectivity index (χ0v) is 21.2. The van der Waals surface area contributed by atoms with Crippen molar-refractivity contribution < 1.29 is 39.1 Å². The van der Waals surface area contributed by atoms with Gasteiger partial charge in [0.15, 0.2) is 11.6 Å². The van der Waals surface area contributed by atoms with Gasteiger partial charge in [-0.1, -0.05) is 0 Å². The van der Waals surface area contributed by atoms with Crippen molar-refractivity contribution in [3.8, 4) is 0 Å². The summed E-state index contributed by atoms with van der Waals surface area (Å²) >= 11 is 0. The van der Waals surface area contributed by atoms with Crippen molar-refractivity contribution in [3.63, 3.8) is 0 Å². The number of fused-ring (bicyclic) bond motifs is 1. The molecule has 0 radical (unpaired) electrons. The van der Waals surface area contributed by atoms with Gasteiger partial charge in [0.1, 0.15) is 24.1 Å². The van der Waals surface area contributed by atoms with E-state index in [1.165, 1.54) is 27.1 Å². The molecule has 0 saturated heterocycles. The molecule has 194 valence electrons. The number of aryl methyl sites for hydroxylation is 1. The molecule has 1 unspecified atom stereocenters. The van der Waals surface area contributed by atoms with Gasteiger partial charge in [-0.25, -0.2) is 14.3 Å². The highest BCUT2D eigenvalue weighted by Gasteiger charge is 2.18. The van der Waals surface area contributed by atoms with E-state index in [0.29, 0.717) is 24.2 Å². The van der Waals surface area contributed by atoms with Crippen LogP contribution in [0.1, 0.15) is 53.7 Å². The smallest absolute Gasteiger partial charge is 0.413 e. The molecular formula is C22H38N4O8. The number of anilines is 1. The van der Waals surface area contributed by atoms with Gasteiger partial charge in [-0.15, -0.1) is 0 Å². The van der Waals surface area contributed by atoms with Crippen LogP contribution in [-0.2, 0) is 25.4 Å². The van der Waals surface area contributed by atoms with Crippen molar-refractivity contribution >= 4 is 23.4 Å². The van der Waals surface area contributed by atoms with Crippen LogP contribution in [0.5, 0.6) is 0 Å². The maximum Gasteiger partial charge on any atom is 0.413 e. The fourth-order valence-corrected chi connectivity index (χ4v) is 2.46. The number of nitrogens with zero attached hydrogens (tertiary/aromatic N) is 3. The number of aliphatic hydroxyl groups is 3. The number of carbonyl (C=O) groups excluding carboxylic acids is 2. The summed E-state index contributed by atoms with van der Waals surface area (Å²) in [5.41, 5.74) is 0.981. The van der Waals surface area contributed by atoms with Gasteiger partial charge in [0.2, 0.25) is 0 Å². The molecule has 0 aliphatic heterocycles. The SMILES string of the molecule is CC(C)(O)O.CO.COC(CCc1ccc2c(NC(=O)OC(C)(C)C)ncnn12)COC(C)=O. The third-order valence-corrected chi connectivity index (χ3v) is 3.68. The van der Waals surface area contributed by atoms with Gasteiger partial charge in [-0.3, -0.25) is 10.1 Å². The predicted octanol–water partition coefficient (Wildman–Crippen LogP) is 1.90. The summed E-state index contributed by atoms with van der Waals surface area (Å²) in [6, 6.07) is 3.73. The Kier molecular flexibility index (Phi) is 13.3. The van der Waals surface area contributed by atoms with Gasteiger partial charge in [0, 0.05) is 26.8 Å². The van der Waals surface area contributed by atoms with Crippen molar-refractivity contribution in [1.82, 2.24) is 14.6 Å². The number of ether oxygens (including phenoxy) is 3. The standard InChI is InChI=1S/C18H26N4O5.C3H8O2.CH4O/c1-12(23)26-10-14(25-5)8-6-13-7-9-15-16(19-11-20-22(13)15)21-17(24)27-18(2,3)4;1-3(2,4)5;1-2/h7,9,11,14H,6,8,10H2,1-5H3,(H,19,20,21,24);4-5H,1-2H3;2H,1H3. The summed E-state index contributed by atoms with van der Waals surface area (Å²) in [4.78, 5) is 27.1. The van der Waals surface area contributed by atoms with Crippen LogP contribution in [0.15, 0.2) is 18.5 Å². The zero-order valence-electron chi connectivity index (χ0n) is 21.2. The van der Waals surface area contributed by atoms with Crippen molar-refractivity contribution in [2.24, 2.45) is 0 Å². The first-order valence-corrected chi connectivity index (χ1v) is 10.6. The van der Waals surface area contributed by atoms with E-state index in [0.717, 1.165) is 12.8 Å². The third kappa shape index (κ3) is 13.7. The van der Waals surface area contributed by atoms with E-state index in [1.54, 1.807) is 32.4 Å². The van der Waals surface area contributed by atoms with E-state index in [1.807, 2.05) is 12.1 Å². The number of methoxy groups -OCH3 is 1. The van der Waals surface area contributed by atoms with Gasteiger partial charge >= 0.3 is 12.1 Å². The van der Waals surface area contributed by atoms with E-state index in [9.17, 15) is 9.59 Å². The van der Waals surface area contributed by atoms with Crippen LogP contribution >= 0.6 is 0 Å². The summed E-state index contributed by atoms with van der Waals surface area (Å²) < 4.78 is 17.3. The molecule has 0 aromatic carbocycles. The number of nitrogens with one attached hydrogen (secondary N) is 1. The van der Waals surface area contributed by atoms with Gasteiger partial charge in [0.25, 0.3) is 0 Å². The van der Waals surface area contributed by atoms with E-state index >= 15 is 0 Å². The Hall–Kier alpha value is -2.80. The van der Waals surface area contributed by atoms with Gasteiger partial charge < -0.3 is 29.5 Å². The Morgan fingerprint density at radius 1 is 1.15 bits per heavy atom. The second-order valence-electron chi connectivity index (χ2n) is 8.55. The quantitative estimate of drug-likeness (QED) is 0.335. The van der Waals surface area contributed by atoms with Gasteiger partial charge in [-0.05, 0) is 59.6 Å². The molecule has 1 amide bonds. The zero-order chi connectivity index (χ0) is 26.5. The molecule has 0 aliphatic carbocycles. The Balaban J connectivity index is 0.00000138. The van der Waals surface area contributed by atoms with E-state index in [-0.39, 0.29) is 18.7 Å². The summed E-state index contributed by atoms with van der Waals surface area (Å²) in [5, 5.41) is 30.1. The molecule has 2 rings (SSSR count). The maximum atomic E-state index is 12.0. The highest BCUT2D eigenvalue weighted by Crippen LogP contribution is 2.19. The Labute approximate surface area is 199 Å². The van der Waals surface area contributed by atoms with Crippen LogP contribution in [0.4, 0.5) is 10.6 Å². The first kappa shape index (κ1) is 31.2. The van der Waals surface area contributed by atoms with E-state index < -0.39 is 17.5 Å². The topological polar surface area (TPSA) is 165 Å². The number of aliphatic hydroxyl groups excluding tert-OH is 1. The molecule has 0 aliphatic rings. The van der Waals surface area contributed by atoms with Crippen LogP contribution in [0, 0.1) is 0 Å². The van der Waals surface area contributed by atoms with E-state index in [2.05, 4.69) is 15.4 Å². The largest absolute Gasteiger partial charge is 0.463 e. The second kappa shape index (κ2) is 14.5. The van der Waals surface area contributed by atoms with Crippen molar-refractivity contribution in [2.45, 2.75) is 71.9 Å². The minimum absolute atomic E-state index is 0.204. The molecule has 1 atom stereocenters. The lowest BCUT2D eigenvalue weighted by Crippen LogP contribution is -2.27. The molecule has 2 heterocycles. The normalized spacial score (nSPS) is 12.0. The lowest BCUT2D eigenvalue weighted by atomic mass is 10.1. The molecule has 2 aromatic rings. The Bertz CT molecular complexity index is 881. The molecule has 0 saturated carbocycles. The van der Waals surface area contributed by atoms with Crippen LogP contribution < -0.4 is 5.32 Å². The van der Waals surface area contributed by atoms with Gasteiger partial charge in [-0.2, -0.15) is 5.10 Å². The fraction of sp³-hybridized carbons (Fsp3) is 0.636. The minimum Gasteiger partial charge on any atom is -0.463 e. The summed E-state index contributed by atoms with van der Waals surface area (Å²) in [6.45, 7) is 9.54. The molecule has 34 heavy (non-hydrogen) atoms. The number of rotatable bonds is 7. The lowest BCUT2D eigenvalue weighted by molar-refractivity contribution is -0.144. The number of esters is 1. The Morgan fingerprint density at radius 3 is 2.24 bits per heavy atom.